The van der Waals surface area contributed by atoms with Crippen LogP contribution in [0.25, 0.3) is 0 Å². The maximum absolute atomic E-state index is 12.8. The standard InChI is InChI=1S/C16H20O8S/c1-8(17)21-11-10-9(14-13(22-10)12(11)24-25(14,19)20)15(18)23-16(2)6-4-3-5-7-16/h4,6,9-14H,3,5,7H2,1-2H3. The van der Waals surface area contributed by atoms with Gasteiger partial charge in [0, 0.05) is 6.92 Å². The normalized spacial score (nSPS) is 46.2. The van der Waals surface area contributed by atoms with Gasteiger partial charge in [-0.05, 0) is 32.3 Å². The van der Waals surface area contributed by atoms with Gasteiger partial charge in [0.15, 0.2) is 6.10 Å². The number of carbonyl (C=O) groups excluding carboxylic acids is 2. The van der Waals surface area contributed by atoms with Gasteiger partial charge in [-0.15, -0.1) is 0 Å². The molecule has 4 rings (SSSR count). The van der Waals surface area contributed by atoms with Gasteiger partial charge in [0.25, 0.3) is 10.1 Å². The molecule has 8 nitrogen and oxygen atoms in total. The first-order valence-corrected chi connectivity index (χ1v) is 9.84. The predicted molar refractivity (Wildman–Crippen MR) is 82.8 cm³/mol. The first-order chi connectivity index (χ1) is 11.7. The third-order valence-corrected chi connectivity index (χ3v) is 7.04. The lowest BCUT2D eigenvalue weighted by atomic mass is 9.84. The molecule has 2 bridgehead atoms. The zero-order chi connectivity index (χ0) is 18.0. The Balaban J connectivity index is 1.62. The van der Waals surface area contributed by atoms with E-state index in [1.165, 1.54) is 6.92 Å². The number of carbonyl (C=O) groups is 2. The third-order valence-electron chi connectivity index (χ3n) is 5.32. The number of rotatable bonds is 3. The highest BCUT2D eigenvalue weighted by Crippen LogP contribution is 2.51. The minimum Gasteiger partial charge on any atom is -0.457 e. The number of allylic oxidation sites excluding steroid dienone is 1. The van der Waals surface area contributed by atoms with Crippen LogP contribution < -0.4 is 0 Å². The molecular weight excluding hydrogens is 352 g/mol. The second-order valence-corrected chi connectivity index (χ2v) is 8.93. The lowest BCUT2D eigenvalue weighted by molar-refractivity contribution is -0.168. The second-order valence-electron chi connectivity index (χ2n) is 7.21. The van der Waals surface area contributed by atoms with Gasteiger partial charge in [0.1, 0.15) is 35.1 Å². The van der Waals surface area contributed by atoms with E-state index in [1.54, 1.807) is 6.92 Å². The van der Waals surface area contributed by atoms with Gasteiger partial charge in [0.05, 0.1) is 0 Å². The molecule has 0 spiro atoms. The molecule has 0 aromatic heterocycles. The van der Waals surface area contributed by atoms with Crippen LogP contribution in [0.2, 0.25) is 0 Å². The number of fused-ring (bicyclic) bond motifs is 1. The Morgan fingerprint density at radius 1 is 1.24 bits per heavy atom. The van der Waals surface area contributed by atoms with Crippen molar-refractivity contribution in [1.29, 1.82) is 0 Å². The van der Waals surface area contributed by atoms with Gasteiger partial charge in [-0.1, -0.05) is 6.08 Å². The molecule has 4 aliphatic rings. The van der Waals surface area contributed by atoms with Gasteiger partial charge in [-0.2, -0.15) is 8.42 Å². The summed E-state index contributed by atoms with van der Waals surface area (Å²) in [6.45, 7) is 3.01. The van der Waals surface area contributed by atoms with Crippen LogP contribution in [0.3, 0.4) is 0 Å². The molecule has 0 N–H and O–H groups in total. The van der Waals surface area contributed by atoms with Gasteiger partial charge in [0.2, 0.25) is 0 Å². The Morgan fingerprint density at radius 3 is 2.64 bits per heavy atom. The molecule has 0 aromatic rings. The van der Waals surface area contributed by atoms with Crippen molar-refractivity contribution in [3.8, 4) is 0 Å². The van der Waals surface area contributed by atoms with Crippen molar-refractivity contribution in [2.45, 2.75) is 68.4 Å². The molecular formula is C16H20O8S. The van der Waals surface area contributed by atoms with Crippen molar-refractivity contribution < 1.29 is 36.4 Å². The Morgan fingerprint density at radius 2 is 2.00 bits per heavy atom. The van der Waals surface area contributed by atoms with E-state index in [-0.39, 0.29) is 0 Å². The Kier molecular flexibility index (Phi) is 3.75. The summed E-state index contributed by atoms with van der Waals surface area (Å²) in [5, 5.41) is -1.11. The molecule has 7 atom stereocenters. The first kappa shape index (κ1) is 17.0. The van der Waals surface area contributed by atoms with Gasteiger partial charge < -0.3 is 14.2 Å². The maximum atomic E-state index is 12.8. The van der Waals surface area contributed by atoms with Crippen molar-refractivity contribution in [3.05, 3.63) is 12.2 Å². The van der Waals surface area contributed by atoms with Gasteiger partial charge >= 0.3 is 11.9 Å². The van der Waals surface area contributed by atoms with Crippen LogP contribution in [0.4, 0.5) is 0 Å². The van der Waals surface area contributed by atoms with Crippen LogP contribution in [0.1, 0.15) is 33.1 Å². The summed E-state index contributed by atoms with van der Waals surface area (Å²) in [6.07, 6.45) is 2.75. The van der Waals surface area contributed by atoms with E-state index in [9.17, 15) is 18.0 Å². The zero-order valence-corrected chi connectivity index (χ0v) is 14.7. The lowest BCUT2D eigenvalue weighted by Gasteiger charge is -2.33. The van der Waals surface area contributed by atoms with Crippen LogP contribution in [0, 0.1) is 5.92 Å². The summed E-state index contributed by atoms with van der Waals surface area (Å²) in [6, 6.07) is 0. The second kappa shape index (κ2) is 5.52. The fourth-order valence-electron chi connectivity index (χ4n) is 4.29. The average molecular weight is 372 g/mol. The summed E-state index contributed by atoms with van der Waals surface area (Å²) in [5.74, 6) is -2.30. The fourth-order valence-corrected chi connectivity index (χ4v) is 6.12. The number of esters is 2. The van der Waals surface area contributed by atoms with Gasteiger partial charge in [-0.3, -0.25) is 13.8 Å². The van der Waals surface area contributed by atoms with E-state index in [2.05, 4.69) is 0 Å². The zero-order valence-electron chi connectivity index (χ0n) is 13.9. The van der Waals surface area contributed by atoms with E-state index in [0.717, 1.165) is 12.8 Å². The predicted octanol–water partition coefficient (Wildman–Crippen LogP) is 0.454. The molecule has 1 aliphatic carbocycles. The third kappa shape index (κ3) is 2.60. The minimum absolute atomic E-state index is 0.583. The van der Waals surface area contributed by atoms with Crippen LogP contribution >= 0.6 is 0 Å². The molecule has 7 unspecified atom stereocenters. The molecule has 25 heavy (non-hydrogen) atoms. The quantitative estimate of drug-likeness (QED) is 0.400. The Labute approximate surface area is 145 Å². The van der Waals surface area contributed by atoms with Crippen molar-refractivity contribution in [3.63, 3.8) is 0 Å². The summed E-state index contributed by atoms with van der Waals surface area (Å²) < 4.78 is 46.3. The summed E-state index contributed by atoms with van der Waals surface area (Å²) in [4.78, 5) is 24.2. The average Bonchev–Trinajstić information content (AvgIpc) is 3.09. The van der Waals surface area contributed by atoms with Gasteiger partial charge in [-0.25, -0.2) is 0 Å². The largest absolute Gasteiger partial charge is 0.457 e. The number of hydrogen-bond donors (Lipinski definition) is 0. The number of hydrogen-bond acceptors (Lipinski definition) is 8. The molecule has 3 aliphatic heterocycles. The molecule has 0 aromatic carbocycles. The summed E-state index contributed by atoms with van der Waals surface area (Å²) >= 11 is 0. The molecule has 0 amide bonds. The SMILES string of the molecule is CC(=O)OC1C2OS(=O)(=O)C3C2OC1C3C(=O)OC1(C)C=CCCC1. The first-order valence-electron chi connectivity index (χ1n) is 8.37. The van der Waals surface area contributed by atoms with Crippen LogP contribution in [0.15, 0.2) is 12.2 Å². The lowest BCUT2D eigenvalue weighted by Crippen LogP contribution is -2.51. The van der Waals surface area contributed by atoms with Crippen LogP contribution in [0.5, 0.6) is 0 Å². The molecule has 3 heterocycles. The van der Waals surface area contributed by atoms with E-state index in [0.29, 0.717) is 6.42 Å². The minimum atomic E-state index is -3.99. The fraction of sp³-hybridized carbons (Fsp3) is 0.750. The highest BCUT2D eigenvalue weighted by Gasteiger charge is 2.74. The molecule has 3 saturated heterocycles. The van der Waals surface area contributed by atoms with Crippen molar-refractivity contribution in [2.75, 3.05) is 0 Å². The molecule has 0 saturated carbocycles. The Hall–Kier alpha value is -1.45. The van der Waals surface area contributed by atoms with Crippen molar-refractivity contribution >= 4 is 22.1 Å². The summed E-state index contributed by atoms with van der Waals surface area (Å²) in [7, 11) is -3.99. The molecule has 9 heteroatoms. The molecule has 138 valence electrons. The van der Waals surface area contributed by atoms with Crippen LogP contribution in [-0.4, -0.2) is 55.6 Å². The highest BCUT2D eigenvalue weighted by molar-refractivity contribution is 7.87. The Bertz CT molecular complexity index is 743. The van der Waals surface area contributed by atoms with Crippen molar-refractivity contribution in [2.24, 2.45) is 5.92 Å². The molecule has 0 radical (unpaired) electrons. The van der Waals surface area contributed by atoms with E-state index < -0.39 is 63.2 Å². The maximum Gasteiger partial charge on any atom is 0.314 e. The van der Waals surface area contributed by atoms with Crippen LogP contribution in [-0.2, 0) is 38.1 Å². The topological polar surface area (TPSA) is 105 Å². The van der Waals surface area contributed by atoms with E-state index >= 15 is 0 Å². The monoisotopic (exact) mass is 372 g/mol. The van der Waals surface area contributed by atoms with Crippen molar-refractivity contribution in [1.82, 2.24) is 0 Å². The smallest absolute Gasteiger partial charge is 0.314 e. The van der Waals surface area contributed by atoms with E-state index in [4.69, 9.17) is 18.4 Å². The molecule has 3 fully saturated rings. The number of ether oxygens (including phenoxy) is 3. The highest BCUT2D eigenvalue weighted by atomic mass is 32.2. The summed E-state index contributed by atoms with van der Waals surface area (Å²) in [5.41, 5.74) is -0.767. The van der Waals surface area contributed by atoms with E-state index in [1.807, 2.05) is 12.2 Å².